The lowest BCUT2D eigenvalue weighted by Gasteiger charge is -2.28. The van der Waals surface area contributed by atoms with Crippen LogP contribution < -0.4 is 10.2 Å². The van der Waals surface area contributed by atoms with Crippen LogP contribution in [0.4, 0.5) is 5.69 Å². The van der Waals surface area contributed by atoms with Crippen LogP contribution in [-0.2, 0) is 23.1 Å². The highest BCUT2D eigenvalue weighted by molar-refractivity contribution is 6.11. The molecule has 1 N–H and O–H groups in total. The fraction of sp³-hybridized carbons (Fsp3) is 0.206. The Bertz CT molecular complexity index is 1590. The van der Waals surface area contributed by atoms with Crippen molar-refractivity contribution in [3.05, 3.63) is 137 Å². The normalized spacial score (nSPS) is 15.4. The van der Waals surface area contributed by atoms with Crippen LogP contribution in [0.25, 0.3) is 0 Å². The Morgan fingerprint density at radius 3 is 2.00 bits per heavy atom. The lowest BCUT2D eigenvalue weighted by Crippen LogP contribution is -2.50. The van der Waals surface area contributed by atoms with Gasteiger partial charge in [-0.2, -0.15) is 5.26 Å². The first-order chi connectivity index (χ1) is 19.7. The minimum atomic E-state index is -1.09. The van der Waals surface area contributed by atoms with E-state index in [1.165, 1.54) is 6.08 Å². The fourth-order valence-electron chi connectivity index (χ4n) is 5.14. The van der Waals surface area contributed by atoms with E-state index in [1.54, 1.807) is 54.0 Å². The summed E-state index contributed by atoms with van der Waals surface area (Å²) >= 11 is 0. The van der Waals surface area contributed by atoms with Gasteiger partial charge in [0.2, 0.25) is 0 Å². The van der Waals surface area contributed by atoms with Crippen LogP contribution in [0.1, 0.15) is 53.4 Å². The van der Waals surface area contributed by atoms with E-state index in [4.69, 9.17) is 0 Å². The lowest BCUT2D eigenvalue weighted by atomic mass is 9.84. The molecule has 204 valence electrons. The van der Waals surface area contributed by atoms with Crippen molar-refractivity contribution < 1.29 is 9.59 Å². The lowest BCUT2D eigenvalue weighted by molar-refractivity contribution is -0.122. The van der Waals surface area contributed by atoms with Gasteiger partial charge in [0.25, 0.3) is 5.91 Å². The van der Waals surface area contributed by atoms with Crippen LogP contribution in [0, 0.1) is 11.3 Å². The maximum atomic E-state index is 14.6. The molecule has 0 atom stereocenters. The molecule has 1 aliphatic heterocycles. The molecule has 2 aromatic carbocycles. The van der Waals surface area contributed by atoms with E-state index in [-0.39, 0.29) is 28.2 Å². The van der Waals surface area contributed by atoms with Crippen molar-refractivity contribution in [3.63, 3.8) is 0 Å². The predicted octanol–water partition coefficient (Wildman–Crippen LogP) is 5.53. The Labute approximate surface area is 240 Å². The van der Waals surface area contributed by atoms with Crippen molar-refractivity contribution in [3.8, 4) is 6.07 Å². The number of benzene rings is 2. The third-order valence-electron chi connectivity index (χ3n) is 7.30. The number of anilines is 1. The molecule has 1 saturated heterocycles. The summed E-state index contributed by atoms with van der Waals surface area (Å²) in [5, 5.41) is 13.1. The standard InChI is InChI=1S/C34H31N5O2/c1-33(2,3)27-8-10-28(11-9-27)39-31(20-30(40)29-7-5-4-6-26(29)23-35)38-34(32(39)41,21-24-12-16-36-17-13-24)22-25-14-18-37-19-15-25/h4-20,38H,21-22H2,1-3H3. The molecular formula is C34H31N5O2. The number of amides is 1. The summed E-state index contributed by atoms with van der Waals surface area (Å²) in [4.78, 5) is 38.0. The van der Waals surface area contributed by atoms with Gasteiger partial charge in [-0.3, -0.25) is 24.5 Å². The highest BCUT2D eigenvalue weighted by Gasteiger charge is 2.50. The van der Waals surface area contributed by atoms with Gasteiger partial charge in [0, 0.05) is 49.3 Å². The van der Waals surface area contributed by atoms with E-state index in [0.29, 0.717) is 24.4 Å². The van der Waals surface area contributed by atoms with Crippen LogP contribution in [0.3, 0.4) is 0 Å². The molecule has 1 aliphatic rings. The molecule has 7 nitrogen and oxygen atoms in total. The molecule has 0 unspecified atom stereocenters. The van der Waals surface area contributed by atoms with Crippen LogP contribution >= 0.6 is 0 Å². The number of nitrogens with zero attached hydrogens (tertiary/aromatic N) is 4. The summed E-state index contributed by atoms with van der Waals surface area (Å²) in [7, 11) is 0. The second kappa shape index (κ2) is 11.2. The quantitative estimate of drug-likeness (QED) is 0.244. The summed E-state index contributed by atoms with van der Waals surface area (Å²) in [6.07, 6.45) is 8.98. The third-order valence-corrected chi connectivity index (χ3v) is 7.30. The van der Waals surface area contributed by atoms with Crippen molar-refractivity contribution in [1.82, 2.24) is 15.3 Å². The summed E-state index contributed by atoms with van der Waals surface area (Å²) in [6, 6.07) is 24.2. The Morgan fingerprint density at radius 2 is 1.46 bits per heavy atom. The second-order valence-corrected chi connectivity index (χ2v) is 11.3. The molecule has 0 aliphatic carbocycles. The van der Waals surface area contributed by atoms with E-state index >= 15 is 0 Å². The number of rotatable bonds is 7. The number of carbonyl (C=O) groups excluding carboxylic acids is 2. The van der Waals surface area contributed by atoms with Gasteiger partial charge >= 0.3 is 0 Å². The number of carbonyl (C=O) groups is 2. The molecule has 7 heteroatoms. The van der Waals surface area contributed by atoms with Gasteiger partial charge in [0.15, 0.2) is 5.78 Å². The van der Waals surface area contributed by atoms with E-state index in [0.717, 1.165) is 16.7 Å². The summed E-state index contributed by atoms with van der Waals surface area (Å²) < 4.78 is 0. The van der Waals surface area contributed by atoms with Gasteiger partial charge in [-0.1, -0.05) is 45.0 Å². The number of nitrogens with one attached hydrogen (secondary N) is 1. The number of hydrogen-bond acceptors (Lipinski definition) is 6. The third kappa shape index (κ3) is 5.78. The average Bonchev–Trinajstić information content (AvgIpc) is 3.23. The number of pyridine rings is 2. The Balaban J connectivity index is 1.64. The van der Waals surface area contributed by atoms with Gasteiger partial charge < -0.3 is 5.32 Å². The number of hydrogen-bond donors (Lipinski definition) is 1. The molecule has 5 rings (SSSR count). The van der Waals surface area contributed by atoms with Crippen LogP contribution in [-0.4, -0.2) is 27.2 Å². The van der Waals surface area contributed by atoms with Crippen molar-refractivity contribution in [1.29, 1.82) is 5.26 Å². The first-order valence-corrected chi connectivity index (χ1v) is 13.5. The summed E-state index contributed by atoms with van der Waals surface area (Å²) in [5.41, 5.74) is 3.04. The van der Waals surface area contributed by atoms with Gasteiger partial charge in [0.05, 0.1) is 17.3 Å². The van der Waals surface area contributed by atoms with Crippen molar-refractivity contribution in [2.45, 2.75) is 44.6 Å². The Hall–Kier alpha value is -5.09. The molecule has 4 aromatic rings. The Kier molecular flexibility index (Phi) is 7.50. The summed E-state index contributed by atoms with van der Waals surface area (Å²) in [6.45, 7) is 6.40. The zero-order valence-electron chi connectivity index (χ0n) is 23.3. The molecule has 0 spiro atoms. The second-order valence-electron chi connectivity index (χ2n) is 11.3. The highest BCUT2D eigenvalue weighted by Crippen LogP contribution is 2.35. The fourth-order valence-corrected chi connectivity index (χ4v) is 5.14. The highest BCUT2D eigenvalue weighted by atomic mass is 16.2. The van der Waals surface area contributed by atoms with Crippen LogP contribution in [0.15, 0.2) is 109 Å². The maximum absolute atomic E-state index is 14.6. The molecule has 1 fully saturated rings. The molecule has 2 aromatic heterocycles. The topological polar surface area (TPSA) is 99.0 Å². The van der Waals surface area contributed by atoms with E-state index in [2.05, 4.69) is 42.1 Å². The van der Waals surface area contributed by atoms with Crippen LogP contribution in [0.2, 0.25) is 0 Å². The summed E-state index contributed by atoms with van der Waals surface area (Å²) in [5.74, 6) is -0.181. The number of aromatic nitrogens is 2. The monoisotopic (exact) mass is 541 g/mol. The van der Waals surface area contributed by atoms with E-state index in [9.17, 15) is 14.9 Å². The minimum absolute atomic E-state index is 0.0616. The SMILES string of the molecule is CC(C)(C)c1ccc(N2C(=O)C(Cc3ccncc3)(Cc3ccncc3)NC2=CC(=O)c2ccccc2C#N)cc1. The number of ketones is 1. The van der Waals surface area contributed by atoms with Crippen molar-refractivity contribution in [2.24, 2.45) is 0 Å². The minimum Gasteiger partial charge on any atom is -0.356 e. The van der Waals surface area contributed by atoms with Gasteiger partial charge in [-0.05, 0) is 70.6 Å². The predicted molar refractivity (Wildman–Crippen MR) is 158 cm³/mol. The first kappa shape index (κ1) is 27.5. The van der Waals surface area contributed by atoms with Crippen LogP contribution in [0.5, 0.6) is 0 Å². The zero-order valence-corrected chi connectivity index (χ0v) is 23.3. The zero-order chi connectivity index (χ0) is 29.0. The smallest absolute Gasteiger partial charge is 0.259 e. The Morgan fingerprint density at radius 1 is 0.902 bits per heavy atom. The first-order valence-electron chi connectivity index (χ1n) is 13.5. The van der Waals surface area contributed by atoms with Crippen molar-refractivity contribution >= 4 is 17.4 Å². The maximum Gasteiger partial charge on any atom is 0.259 e. The molecule has 0 radical (unpaired) electrons. The van der Waals surface area contributed by atoms with Crippen molar-refractivity contribution in [2.75, 3.05) is 4.90 Å². The molecule has 41 heavy (non-hydrogen) atoms. The molecule has 1 amide bonds. The molecular weight excluding hydrogens is 510 g/mol. The molecule has 3 heterocycles. The number of nitriles is 1. The molecule has 0 saturated carbocycles. The van der Waals surface area contributed by atoms with E-state index < -0.39 is 5.54 Å². The largest absolute Gasteiger partial charge is 0.356 e. The van der Waals surface area contributed by atoms with Gasteiger partial charge in [0.1, 0.15) is 11.4 Å². The number of allylic oxidation sites excluding steroid dienone is 1. The average molecular weight is 542 g/mol. The van der Waals surface area contributed by atoms with Gasteiger partial charge in [-0.25, -0.2) is 0 Å². The van der Waals surface area contributed by atoms with E-state index in [1.807, 2.05) is 48.5 Å². The van der Waals surface area contributed by atoms with Gasteiger partial charge in [-0.15, -0.1) is 0 Å². The molecule has 0 bridgehead atoms.